The summed E-state index contributed by atoms with van der Waals surface area (Å²) >= 11 is 0. The number of nitrogens with one attached hydrogen (secondary N) is 2. The normalized spacial score (nSPS) is 13.9. The summed E-state index contributed by atoms with van der Waals surface area (Å²) in [5, 5.41) is 22.1. The van der Waals surface area contributed by atoms with Gasteiger partial charge in [-0.15, -0.1) is 5.10 Å². The minimum Gasteiger partial charge on any atom is -0.489 e. The first-order valence-electron chi connectivity index (χ1n) is 10.8. The molecular formula is C23H25N7O3. The second kappa shape index (κ2) is 7.96. The molecule has 4 aromatic rings. The van der Waals surface area contributed by atoms with E-state index in [9.17, 15) is 9.90 Å². The summed E-state index contributed by atoms with van der Waals surface area (Å²) in [6.45, 7) is 3.52. The van der Waals surface area contributed by atoms with Crippen LogP contribution in [-0.4, -0.2) is 54.8 Å². The summed E-state index contributed by atoms with van der Waals surface area (Å²) in [7, 11) is 1.79. The van der Waals surface area contributed by atoms with Crippen molar-refractivity contribution in [3.63, 3.8) is 0 Å². The molecule has 0 atom stereocenters. The first-order chi connectivity index (χ1) is 15.8. The Labute approximate surface area is 190 Å². The average molecular weight is 447 g/mol. The molecule has 0 saturated heterocycles. The lowest BCUT2D eigenvalue weighted by molar-refractivity contribution is -0.117. The molecule has 33 heavy (non-hydrogen) atoms. The van der Waals surface area contributed by atoms with Crippen molar-refractivity contribution in [3.8, 4) is 17.1 Å². The van der Waals surface area contributed by atoms with Crippen LogP contribution in [0.5, 0.6) is 5.75 Å². The van der Waals surface area contributed by atoms with Gasteiger partial charge in [-0.25, -0.2) is 19.5 Å². The molecule has 1 saturated carbocycles. The Morgan fingerprint density at radius 2 is 2.06 bits per heavy atom. The lowest BCUT2D eigenvalue weighted by Crippen LogP contribution is -2.27. The number of pyridine rings is 3. The van der Waals surface area contributed by atoms with Crippen LogP contribution in [0.25, 0.3) is 27.8 Å². The van der Waals surface area contributed by atoms with Crippen molar-refractivity contribution in [2.24, 2.45) is 5.92 Å². The molecule has 5 rings (SSSR count). The van der Waals surface area contributed by atoms with Gasteiger partial charge in [0.2, 0.25) is 5.91 Å². The lowest BCUT2D eigenvalue weighted by atomic mass is 10.1. The van der Waals surface area contributed by atoms with Gasteiger partial charge in [0, 0.05) is 41.7 Å². The molecule has 10 nitrogen and oxygen atoms in total. The molecule has 4 aromatic heterocycles. The Morgan fingerprint density at radius 1 is 1.24 bits per heavy atom. The Morgan fingerprint density at radius 3 is 2.79 bits per heavy atom. The molecule has 1 aliphatic rings. The third-order valence-electron chi connectivity index (χ3n) is 5.35. The van der Waals surface area contributed by atoms with Crippen LogP contribution in [0.15, 0.2) is 36.8 Å². The van der Waals surface area contributed by atoms with Crippen LogP contribution in [0.2, 0.25) is 0 Å². The number of fused-ring (bicyclic) bond motifs is 2. The quantitative estimate of drug-likeness (QED) is 0.395. The zero-order chi connectivity index (χ0) is 23.2. The topological polar surface area (TPSA) is 127 Å². The van der Waals surface area contributed by atoms with E-state index >= 15 is 0 Å². The molecule has 1 fully saturated rings. The van der Waals surface area contributed by atoms with Gasteiger partial charge in [-0.05, 0) is 44.9 Å². The Hall–Kier alpha value is -3.79. The zero-order valence-corrected chi connectivity index (χ0v) is 18.7. The van der Waals surface area contributed by atoms with Crippen molar-refractivity contribution in [1.82, 2.24) is 24.6 Å². The van der Waals surface area contributed by atoms with E-state index in [0.717, 1.165) is 29.2 Å². The summed E-state index contributed by atoms with van der Waals surface area (Å²) in [6.07, 6.45) is 6.97. The number of ether oxygens (including phenoxy) is 1. The molecule has 1 amide bonds. The second-order valence-electron chi connectivity index (χ2n) is 8.85. The van der Waals surface area contributed by atoms with Gasteiger partial charge in [0.25, 0.3) is 0 Å². The third-order valence-corrected chi connectivity index (χ3v) is 5.35. The van der Waals surface area contributed by atoms with Crippen molar-refractivity contribution < 1.29 is 14.6 Å². The van der Waals surface area contributed by atoms with Gasteiger partial charge in [-0.1, -0.05) is 0 Å². The minimum absolute atomic E-state index is 0.00395. The maximum atomic E-state index is 12.2. The summed E-state index contributed by atoms with van der Waals surface area (Å²) in [4.78, 5) is 25.8. The van der Waals surface area contributed by atoms with Crippen LogP contribution in [0, 0.1) is 5.92 Å². The molecule has 0 aliphatic heterocycles. The average Bonchev–Trinajstić information content (AvgIpc) is 3.55. The maximum absolute atomic E-state index is 12.2. The third kappa shape index (κ3) is 4.42. The summed E-state index contributed by atoms with van der Waals surface area (Å²) in [5.41, 5.74) is 0.418. The molecule has 0 aromatic carbocycles. The summed E-state index contributed by atoms with van der Waals surface area (Å²) in [5.74, 6) is 2.30. The van der Waals surface area contributed by atoms with E-state index in [0.29, 0.717) is 28.9 Å². The molecule has 170 valence electrons. The van der Waals surface area contributed by atoms with Gasteiger partial charge >= 0.3 is 0 Å². The van der Waals surface area contributed by atoms with Crippen molar-refractivity contribution >= 4 is 34.0 Å². The number of carbonyl (C=O) groups is 1. The number of amides is 1. The number of hydrogen-bond donors (Lipinski definition) is 3. The van der Waals surface area contributed by atoms with Crippen LogP contribution in [0.4, 0.5) is 11.6 Å². The van der Waals surface area contributed by atoms with E-state index < -0.39 is 5.60 Å². The molecule has 0 bridgehead atoms. The van der Waals surface area contributed by atoms with Crippen molar-refractivity contribution in [2.75, 3.05) is 24.3 Å². The lowest BCUT2D eigenvalue weighted by Gasteiger charge is -2.17. The number of aliphatic hydroxyl groups is 1. The molecule has 0 unspecified atom stereocenters. The number of rotatable bonds is 7. The SMILES string of the molecule is CNc1ncc(-c2nc3ccc(OCC(C)(C)O)cn3n2)c2cc(NC(=O)C3CC3)ncc12. The Balaban J connectivity index is 1.54. The van der Waals surface area contributed by atoms with Gasteiger partial charge in [-0.3, -0.25) is 4.79 Å². The number of carbonyl (C=O) groups excluding carboxylic acids is 1. The monoisotopic (exact) mass is 447 g/mol. The van der Waals surface area contributed by atoms with Crippen LogP contribution >= 0.6 is 0 Å². The van der Waals surface area contributed by atoms with Gasteiger partial charge < -0.3 is 20.5 Å². The van der Waals surface area contributed by atoms with Gasteiger partial charge in [0.05, 0.1) is 11.8 Å². The molecule has 0 spiro atoms. The van der Waals surface area contributed by atoms with Crippen LogP contribution in [0.1, 0.15) is 26.7 Å². The first kappa shape index (κ1) is 21.1. The highest BCUT2D eigenvalue weighted by Gasteiger charge is 2.30. The maximum Gasteiger partial charge on any atom is 0.228 e. The van der Waals surface area contributed by atoms with Crippen LogP contribution in [0.3, 0.4) is 0 Å². The number of anilines is 2. The highest BCUT2D eigenvalue weighted by molar-refractivity contribution is 6.03. The van der Waals surface area contributed by atoms with Crippen molar-refractivity contribution in [1.29, 1.82) is 0 Å². The van der Waals surface area contributed by atoms with E-state index in [1.54, 1.807) is 56.1 Å². The zero-order valence-electron chi connectivity index (χ0n) is 18.7. The molecule has 3 N–H and O–H groups in total. The van der Waals surface area contributed by atoms with Gasteiger partial charge in [0.1, 0.15) is 24.0 Å². The number of aromatic nitrogens is 5. The predicted molar refractivity (Wildman–Crippen MR) is 124 cm³/mol. The fourth-order valence-corrected chi connectivity index (χ4v) is 3.48. The fraction of sp³-hybridized carbons (Fsp3) is 0.348. The number of nitrogens with zero attached hydrogens (tertiary/aromatic N) is 5. The highest BCUT2D eigenvalue weighted by Crippen LogP contribution is 2.33. The standard InChI is InChI=1S/C23H25N7O3/c1-23(2,32)12-33-14-6-7-19-28-21(29-30(19)11-14)17-10-26-20(24-3)16-9-25-18(8-15(16)17)27-22(31)13-4-5-13/h6-11,13,32H,4-5,12H2,1-3H3,(H,24,26)(H,25,27,31). The van der Waals surface area contributed by atoms with Crippen molar-refractivity contribution in [3.05, 3.63) is 36.8 Å². The molecule has 0 radical (unpaired) electrons. The van der Waals surface area contributed by atoms with E-state index in [1.807, 2.05) is 6.07 Å². The molecule has 4 heterocycles. The van der Waals surface area contributed by atoms with E-state index in [2.05, 4.69) is 30.7 Å². The smallest absolute Gasteiger partial charge is 0.228 e. The van der Waals surface area contributed by atoms with E-state index in [1.165, 1.54) is 0 Å². The first-order valence-corrected chi connectivity index (χ1v) is 10.8. The predicted octanol–water partition coefficient (Wildman–Crippen LogP) is 2.88. The highest BCUT2D eigenvalue weighted by atomic mass is 16.5. The molecule has 10 heteroatoms. The van der Waals surface area contributed by atoms with Crippen LogP contribution in [-0.2, 0) is 4.79 Å². The van der Waals surface area contributed by atoms with Crippen LogP contribution < -0.4 is 15.4 Å². The van der Waals surface area contributed by atoms with Gasteiger partial charge in [0.15, 0.2) is 11.5 Å². The minimum atomic E-state index is -0.942. The van der Waals surface area contributed by atoms with E-state index in [-0.39, 0.29) is 18.4 Å². The van der Waals surface area contributed by atoms with E-state index in [4.69, 9.17) is 4.74 Å². The largest absolute Gasteiger partial charge is 0.489 e. The van der Waals surface area contributed by atoms with Gasteiger partial charge in [-0.2, -0.15) is 0 Å². The summed E-state index contributed by atoms with van der Waals surface area (Å²) < 4.78 is 7.29. The Bertz CT molecular complexity index is 1360. The second-order valence-corrected chi connectivity index (χ2v) is 8.85. The molecular weight excluding hydrogens is 422 g/mol. The molecule has 1 aliphatic carbocycles. The number of hydrogen-bond acceptors (Lipinski definition) is 8. The fourth-order valence-electron chi connectivity index (χ4n) is 3.48. The van der Waals surface area contributed by atoms with Crippen molar-refractivity contribution in [2.45, 2.75) is 32.3 Å². The summed E-state index contributed by atoms with van der Waals surface area (Å²) in [6, 6.07) is 5.42. The Kier molecular flexibility index (Phi) is 5.09.